The summed E-state index contributed by atoms with van der Waals surface area (Å²) in [5, 5.41) is 20.6. The third-order valence-corrected chi connectivity index (χ3v) is 20.7. The minimum absolute atomic E-state index is 0.0244. The van der Waals surface area contributed by atoms with Crippen molar-refractivity contribution in [2.75, 3.05) is 0 Å². The largest absolute Gasteiger partial charge is 0.481 e. The third-order valence-electron chi connectivity index (χ3n) is 20.7. The van der Waals surface area contributed by atoms with Crippen molar-refractivity contribution in [3.63, 3.8) is 0 Å². The van der Waals surface area contributed by atoms with Gasteiger partial charge in [0, 0.05) is 23.7 Å². The number of carboxylic acids is 2. The zero-order valence-electron chi connectivity index (χ0n) is 37.2. The Hall–Kier alpha value is -2.12. The number of carboxylic acid groups (broad SMARTS) is 2. The van der Waals surface area contributed by atoms with Crippen molar-refractivity contribution < 1.29 is 38.9 Å². The maximum Gasteiger partial charge on any atom is 0.309 e. The number of rotatable bonds is 13. The summed E-state index contributed by atoms with van der Waals surface area (Å²) in [6, 6.07) is 0. The van der Waals surface area contributed by atoms with Crippen molar-refractivity contribution in [3.8, 4) is 0 Å². The number of hydrogen-bond donors (Lipinski definition) is 2. The highest BCUT2D eigenvalue weighted by atomic mass is 16.5. The van der Waals surface area contributed by atoms with E-state index in [1.165, 1.54) is 0 Å². The fourth-order valence-electron chi connectivity index (χ4n) is 18.0. The summed E-state index contributed by atoms with van der Waals surface area (Å²) < 4.78 is 12.7. The Labute approximate surface area is 349 Å². The van der Waals surface area contributed by atoms with Crippen LogP contribution in [0.2, 0.25) is 0 Å². The lowest BCUT2D eigenvalue weighted by molar-refractivity contribution is -0.183. The Kier molecular flexibility index (Phi) is 10.8. The molecule has 0 radical (unpaired) electrons. The van der Waals surface area contributed by atoms with E-state index in [9.17, 15) is 29.4 Å². The second-order valence-corrected chi connectivity index (χ2v) is 23.9. The van der Waals surface area contributed by atoms with Crippen molar-refractivity contribution in [2.24, 2.45) is 67.0 Å². The predicted molar refractivity (Wildman–Crippen MR) is 223 cm³/mol. The molecule has 4 bridgehead atoms. The van der Waals surface area contributed by atoms with Crippen LogP contribution in [0.5, 0.6) is 0 Å². The first-order valence-electron chi connectivity index (χ1n) is 24.1. The second kappa shape index (κ2) is 14.8. The fraction of sp³-hybridized carbons (Fsp3) is 0.920. The molecule has 8 heteroatoms. The van der Waals surface area contributed by atoms with Gasteiger partial charge in [0.05, 0.1) is 10.8 Å². The predicted octanol–water partition coefficient (Wildman–Crippen LogP) is 11.7. The molecule has 8 aliphatic carbocycles. The Morgan fingerprint density at radius 2 is 0.845 bits per heavy atom. The van der Waals surface area contributed by atoms with Crippen molar-refractivity contribution in [1.82, 2.24) is 0 Å². The number of esters is 2. The molecule has 0 amide bonds. The lowest BCUT2D eigenvalue weighted by atomic mass is 9.40. The maximum absolute atomic E-state index is 13.2. The van der Waals surface area contributed by atoms with Gasteiger partial charge >= 0.3 is 23.9 Å². The van der Waals surface area contributed by atoms with Crippen LogP contribution in [0.3, 0.4) is 0 Å². The van der Waals surface area contributed by atoms with E-state index in [0.29, 0.717) is 24.7 Å². The summed E-state index contributed by atoms with van der Waals surface area (Å²) in [4.78, 5) is 51.5. The quantitative estimate of drug-likeness (QED) is 0.139. The van der Waals surface area contributed by atoms with E-state index in [0.717, 1.165) is 154 Å². The zero-order valence-corrected chi connectivity index (χ0v) is 37.2. The lowest BCUT2D eigenvalue weighted by Gasteiger charge is -2.63. The van der Waals surface area contributed by atoms with Crippen LogP contribution in [-0.4, -0.2) is 46.3 Å². The molecule has 0 aromatic rings. The molecule has 0 aromatic carbocycles. The fourth-order valence-corrected chi connectivity index (χ4v) is 18.0. The lowest BCUT2D eigenvalue weighted by Crippen LogP contribution is -2.58. The summed E-state index contributed by atoms with van der Waals surface area (Å²) >= 11 is 0. The Bertz CT molecular complexity index is 1520. The number of fused-ring (bicyclic) bond motifs is 6. The zero-order chi connectivity index (χ0) is 41.6. The van der Waals surface area contributed by atoms with Gasteiger partial charge in [-0.3, -0.25) is 19.2 Å². The molecule has 0 saturated heterocycles. The smallest absolute Gasteiger partial charge is 0.309 e. The second-order valence-electron chi connectivity index (χ2n) is 23.9. The number of ether oxygens (including phenoxy) is 2. The van der Waals surface area contributed by atoms with Crippen molar-refractivity contribution >= 4 is 23.9 Å². The third kappa shape index (κ3) is 6.62. The molecule has 14 atom stereocenters. The molecule has 0 heterocycles. The van der Waals surface area contributed by atoms with Gasteiger partial charge in [0.25, 0.3) is 0 Å². The van der Waals surface area contributed by atoms with Gasteiger partial charge in [-0.1, -0.05) is 66.2 Å². The van der Waals surface area contributed by atoms with Gasteiger partial charge in [-0.05, 0) is 175 Å². The Balaban J connectivity index is 0.742. The summed E-state index contributed by atoms with van der Waals surface area (Å²) in [5.41, 5.74) is -0.779. The van der Waals surface area contributed by atoms with Crippen molar-refractivity contribution in [1.29, 1.82) is 0 Å². The standard InChI is InChI=1S/C50H78O8/c1-43-25-17-35-45(3)21-13-23-47(5,41(53)54)33(45)19-27-49(35,31-43)29-37(43)57-39(51)15-11-9-7-8-10-12-16-40(52)58-38-30-50-28-20-34-46(4,22-14-24-48(34,6)42(55)56)36(50)18-26-44(38,2)32-50/h33-38H,7-32H2,1-6H3,(H,53,54)(H,55,56)/t33-,34-,35-,36-,37?,38?,43-,44-,45+,46+,47+,48+,49-,50-/m0/s1. The number of aliphatic carboxylic acids is 2. The van der Waals surface area contributed by atoms with Gasteiger partial charge < -0.3 is 19.7 Å². The van der Waals surface area contributed by atoms with Gasteiger partial charge in [-0.2, -0.15) is 0 Å². The highest BCUT2D eigenvalue weighted by Gasteiger charge is 2.70. The van der Waals surface area contributed by atoms with Gasteiger partial charge in [-0.25, -0.2) is 0 Å². The molecule has 2 unspecified atom stereocenters. The van der Waals surface area contributed by atoms with Crippen LogP contribution in [-0.2, 0) is 28.7 Å². The Morgan fingerprint density at radius 1 is 0.483 bits per heavy atom. The minimum Gasteiger partial charge on any atom is -0.481 e. The van der Waals surface area contributed by atoms with Crippen LogP contribution in [0.25, 0.3) is 0 Å². The van der Waals surface area contributed by atoms with Crippen LogP contribution < -0.4 is 0 Å². The molecule has 58 heavy (non-hydrogen) atoms. The van der Waals surface area contributed by atoms with Crippen LogP contribution in [0.1, 0.15) is 208 Å². The first-order chi connectivity index (χ1) is 27.3. The topological polar surface area (TPSA) is 127 Å². The minimum atomic E-state index is -0.630. The SMILES string of the molecule is C[C@@]12CC[C@@H]3[C@@](CC[C@H]4[C@@]3(C)CCC[C@@]4(C)C(=O)O)(CC1OC(=O)CCCCCCCCC(=O)OC1C[C@]34CC[C@H]5[C@@](C)(CCC[C@@]5(C)C(=O)O)[C@@H]3CC[C@@]1(C)C4)C2. The average molecular weight is 807 g/mol. The van der Waals surface area contributed by atoms with E-state index in [1.807, 2.05) is 13.8 Å². The molecule has 8 aliphatic rings. The monoisotopic (exact) mass is 807 g/mol. The molecule has 8 saturated carbocycles. The molecule has 8 nitrogen and oxygen atoms in total. The molecule has 8 fully saturated rings. The molecular weight excluding hydrogens is 729 g/mol. The first kappa shape index (κ1) is 42.6. The molecule has 326 valence electrons. The number of carbonyl (C=O) groups is 4. The molecule has 0 aromatic heterocycles. The average Bonchev–Trinajstić information content (AvgIpc) is 3.47. The molecule has 8 rings (SSSR count). The van der Waals surface area contributed by atoms with E-state index >= 15 is 0 Å². The molecule has 2 spiro atoms. The number of unbranched alkanes of at least 4 members (excludes halogenated alkanes) is 5. The Morgan fingerprint density at radius 3 is 1.22 bits per heavy atom. The van der Waals surface area contributed by atoms with Gasteiger partial charge in [0.2, 0.25) is 0 Å². The normalized spacial score (nSPS) is 48.8. The highest BCUT2D eigenvalue weighted by molar-refractivity contribution is 5.75. The van der Waals surface area contributed by atoms with Crippen LogP contribution in [0.4, 0.5) is 0 Å². The van der Waals surface area contributed by atoms with E-state index in [1.54, 1.807) is 0 Å². The molecule has 2 N–H and O–H groups in total. The van der Waals surface area contributed by atoms with Gasteiger partial charge in [-0.15, -0.1) is 0 Å². The van der Waals surface area contributed by atoms with Crippen LogP contribution in [0, 0.1) is 67.0 Å². The van der Waals surface area contributed by atoms with E-state index in [-0.39, 0.29) is 68.5 Å². The number of carbonyl (C=O) groups excluding carboxylic acids is 2. The van der Waals surface area contributed by atoms with E-state index in [4.69, 9.17) is 9.47 Å². The first-order valence-corrected chi connectivity index (χ1v) is 24.1. The maximum atomic E-state index is 13.2. The highest BCUT2D eigenvalue weighted by Crippen LogP contribution is 2.76. The summed E-state index contributed by atoms with van der Waals surface area (Å²) in [7, 11) is 0. The van der Waals surface area contributed by atoms with Crippen molar-refractivity contribution in [3.05, 3.63) is 0 Å². The summed E-state index contributed by atoms with van der Waals surface area (Å²) in [6.07, 6.45) is 25.0. The van der Waals surface area contributed by atoms with Crippen LogP contribution in [0.15, 0.2) is 0 Å². The molecular formula is C50H78O8. The molecule has 0 aliphatic heterocycles. The van der Waals surface area contributed by atoms with Gasteiger partial charge in [0.1, 0.15) is 12.2 Å². The van der Waals surface area contributed by atoms with Crippen LogP contribution >= 0.6 is 0 Å². The van der Waals surface area contributed by atoms with E-state index < -0.39 is 22.8 Å². The summed E-state index contributed by atoms with van der Waals surface area (Å²) in [6.45, 7) is 13.5. The van der Waals surface area contributed by atoms with Gasteiger partial charge in [0.15, 0.2) is 0 Å². The van der Waals surface area contributed by atoms with Crippen molar-refractivity contribution in [2.45, 2.75) is 221 Å². The number of hydrogen-bond acceptors (Lipinski definition) is 6. The van der Waals surface area contributed by atoms with E-state index in [2.05, 4.69) is 27.7 Å². The summed E-state index contributed by atoms with van der Waals surface area (Å²) in [5.74, 6) is 0.135.